The first-order valence-corrected chi connectivity index (χ1v) is 25.0. The van der Waals surface area contributed by atoms with E-state index in [9.17, 15) is 53.4 Å². The summed E-state index contributed by atoms with van der Waals surface area (Å²) in [7, 11) is 0. The average Bonchev–Trinajstić information content (AvgIpc) is 4.10. The molecule has 0 saturated carbocycles. The number of aliphatic hydroxyl groups is 1. The molecular formula is C53H59FN10O12. The number of aromatic nitrogens is 2. The number of carbonyl (C=O) groups excluding carboxylic acids is 7. The van der Waals surface area contributed by atoms with Gasteiger partial charge in [0.2, 0.25) is 23.6 Å². The number of imide groups is 1. The van der Waals surface area contributed by atoms with Gasteiger partial charge in [-0.2, -0.15) is 0 Å². The number of cyclic esters (lactones) is 1. The molecule has 4 aliphatic heterocycles. The predicted molar refractivity (Wildman–Crippen MR) is 272 cm³/mol. The summed E-state index contributed by atoms with van der Waals surface area (Å²) in [4.78, 5) is 121. The smallest absolute Gasteiger partial charge is 0.343 e. The van der Waals surface area contributed by atoms with Crippen molar-refractivity contribution < 1.29 is 57.7 Å². The van der Waals surface area contributed by atoms with Crippen molar-refractivity contribution in [3.63, 3.8) is 0 Å². The number of benzene rings is 2. The number of aliphatic carboxylic acids is 1. The molecule has 8 rings (SSSR count). The topological polar surface area (TPSA) is 300 Å². The highest BCUT2D eigenvalue weighted by Gasteiger charge is 2.46. The molecule has 76 heavy (non-hydrogen) atoms. The van der Waals surface area contributed by atoms with Gasteiger partial charge in [0.25, 0.3) is 17.4 Å². The summed E-state index contributed by atoms with van der Waals surface area (Å²) in [6.07, 6.45) is 4.80. The van der Waals surface area contributed by atoms with Crippen molar-refractivity contribution in [1.29, 1.82) is 0 Å². The number of esters is 1. The second-order valence-electron chi connectivity index (χ2n) is 19.6. The van der Waals surface area contributed by atoms with E-state index < -0.39 is 94.8 Å². The Morgan fingerprint density at radius 2 is 1.62 bits per heavy atom. The number of amides is 6. The van der Waals surface area contributed by atoms with Crippen LogP contribution in [0.2, 0.25) is 0 Å². The number of carboxylic acids is 1. The van der Waals surface area contributed by atoms with Gasteiger partial charge in [-0.15, -0.1) is 5.53 Å². The quantitative estimate of drug-likeness (QED) is 0.0298. The molecule has 8 N–H and O–H groups in total. The van der Waals surface area contributed by atoms with Crippen molar-refractivity contribution in [2.75, 3.05) is 11.9 Å². The molecule has 0 bridgehead atoms. The number of carbonyl (C=O) groups is 8. The lowest BCUT2D eigenvalue weighted by molar-refractivity contribution is -0.172. The molecule has 0 unspecified atom stereocenters. The fourth-order valence-electron chi connectivity index (χ4n) is 9.56. The summed E-state index contributed by atoms with van der Waals surface area (Å²) < 4.78 is 21.8. The van der Waals surface area contributed by atoms with Gasteiger partial charge >= 0.3 is 11.9 Å². The van der Waals surface area contributed by atoms with Gasteiger partial charge in [0.05, 0.1) is 41.3 Å². The number of nitrogens with zero attached hydrogens (tertiary/aromatic N) is 4. The standard InChI is InChI=1S/C53H59FN10O12/c1-6-53(75)36-21-41-47-34(24-64(41)51(73)35(36)26-76-52(53)74)33(32-20-28(4)37(54)22-39(32)58-47)23-62-25-40(60-61-62)30-11-13-31(14-12-30)56-48(70)29(5)55-50(72)46(27(2)3)59-49(71)38(15-18-45(68)69)57-42(65)10-8-7-9-19-63-43(66)16-17-44(63)67/h11-14,16-17,20-22,25,27,29,38,46,60-61,75H,6-10,15,18-19,23-24,26H2,1-5H3,(H,55,72)(H,56,70)(H,57,65)(H,59,71)(H,68,69)/t29-,38-,46-,53-/m0/s1. The lowest BCUT2D eigenvalue weighted by Crippen LogP contribution is -2.57. The molecular weight excluding hydrogens is 988 g/mol. The molecule has 6 heterocycles. The van der Waals surface area contributed by atoms with E-state index in [1.54, 1.807) is 69.1 Å². The molecule has 4 aromatic rings. The zero-order valence-electron chi connectivity index (χ0n) is 42.5. The Morgan fingerprint density at radius 3 is 2.30 bits per heavy atom. The normalized spacial score (nSPS) is 17.6. The Hall–Kier alpha value is -8.31. The molecule has 0 fully saturated rings. The molecule has 2 aromatic carbocycles. The highest BCUT2D eigenvalue weighted by Crippen LogP contribution is 2.41. The molecule has 0 spiro atoms. The highest BCUT2D eigenvalue weighted by atomic mass is 19.1. The van der Waals surface area contributed by atoms with Crippen LogP contribution < -0.4 is 37.8 Å². The van der Waals surface area contributed by atoms with Crippen molar-refractivity contribution in [3.05, 3.63) is 110 Å². The fraction of sp³-hybridized carbons (Fsp3) is 0.396. The number of pyridine rings is 2. The molecule has 4 aliphatic rings. The number of ether oxygens (including phenoxy) is 1. The second kappa shape index (κ2) is 22.3. The van der Waals surface area contributed by atoms with Crippen LogP contribution in [0.15, 0.2) is 65.6 Å². The Balaban J connectivity index is 0.884. The fourth-order valence-corrected chi connectivity index (χ4v) is 9.56. The van der Waals surface area contributed by atoms with Gasteiger partial charge in [-0.3, -0.25) is 48.3 Å². The monoisotopic (exact) mass is 1050 g/mol. The van der Waals surface area contributed by atoms with Gasteiger partial charge in [-0.05, 0) is 80.8 Å². The zero-order chi connectivity index (χ0) is 54.7. The van der Waals surface area contributed by atoms with E-state index in [4.69, 9.17) is 9.72 Å². The van der Waals surface area contributed by atoms with E-state index in [1.165, 1.54) is 29.7 Å². The molecule has 0 aliphatic carbocycles. The van der Waals surface area contributed by atoms with Gasteiger partial charge in [-0.25, -0.2) is 14.2 Å². The summed E-state index contributed by atoms with van der Waals surface area (Å²) >= 11 is 0. The van der Waals surface area contributed by atoms with Gasteiger partial charge in [0, 0.05) is 71.6 Å². The van der Waals surface area contributed by atoms with Crippen LogP contribution in [0.1, 0.15) is 106 Å². The Bertz CT molecular complexity index is 3170. The predicted octanol–water partition coefficient (Wildman–Crippen LogP) is 2.77. The number of fused-ring (bicyclic) bond motifs is 5. The molecule has 400 valence electrons. The number of hydrogen-bond acceptors (Lipinski definition) is 15. The van der Waals surface area contributed by atoms with Gasteiger partial charge in [0.1, 0.15) is 30.5 Å². The first-order valence-electron chi connectivity index (χ1n) is 25.0. The number of hydrogen-bond donors (Lipinski definition) is 8. The Morgan fingerprint density at radius 1 is 0.895 bits per heavy atom. The molecule has 0 radical (unpaired) electrons. The number of carboxylic acid groups (broad SMARTS) is 1. The third-order valence-electron chi connectivity index (χ3n) is 14.0. The lowest BCUT2D eigenvalue weighted by Gasteiger charge is -2.31. The van der Waals surface area contributed by atoms with Crippen molar-refractivity contribution in [2.45, 2.75) is 123 Å². The van der Waals surface area contributed by atoms with Crippen LogP contribution in [-0.2, 0) is 68.4 Å². The van der Waals surface area contributed by atoms with Crippen LogP contribution in [0.4, 0.5) is 10.1 Å². The van der Waals surface area contributed by atoms with Gasteiger partial charge in [0.15, 0.2) is 5.60 Å². The number of hydrazine groups is 2. The zero-order valence-corrected chi connectivity index (χ0v) is 42.5. The van der Waals surface area contributed by atoms with E-state index in [-0.39, 0.29) is 56.6 Å². The first-order chi connectivity index (χ1) is 36.2. The minimum absolute atomic E-state index is 0.0105. The molecule has 0 saturated heterocycles. The highest BCUT2D eigenvalue weighted by molar-refractivity contribution is 6.12. The van der Waals surface area contributed by atoms with E-state index in [2.05, 4.69) is 32.2 Å². The number of aryl methyl sites for hydroxylation is 1. The van der Waals surface area contributed by atoms with Gasteiger partial charge in [-0.1, -0.05) is 39.3 Å². The number of halogens is 1. The lowest BCUT2D eigenvalue weighted by atomic mass is 9.86. The SMILES string of the molecule is CC[C@@]1(O)C(=O)OCc2c1cc1n(c2=O)Cc2c-1nc1cc(F)c(C)cc1c2CN1C=C(c2ccc(NC(=O)[C@H](C)NC(=O)[C@@H](NC(=O)[C@H](CCC(=O)O)NC(=O)CCCCCN3C(=O)C=CC3=O)C(C)C)cc2)NN1. The first kappa shape index (κ1) is 54.0. The average molecular weight is 1050 g/mol. The van der Waals surface area contributed by atoms with Crippen LogP contribution in [0, 0.1) is 18.7 Å². The Kier molecular flexibility index (Phi) is 15.8. The maximum absolute atomic E-state index is 15.1. The largest absolute Gasteiger partial charge is 0.481 e. The van der Waals surface area contributed by atoms with Crippen LogP contribution in [0.3, 0.4) is 0 Å². The number of anilines is 1. The molecule has 2 aromatic heterocycles. The van der Waals surface area contributed by atoms with Crippen molar-refractivity contribution in [2.24, 2.45) is 5.92 Å². The third-order valence-corrected chi connectivity index (χ3v) is 14.0. The molecule has 6 amide bonds. The number of rotatable bonds is 21. The Labute approximate surface area is 435 Å². The van der Waals surface area contributed by atoms with E-state index in [0.29, 0.717) is 64.1 Å². The summed E-state index contributed by atoms with van der Waals surface area (Å²) in [5, 5.41) is 33.7. The van der Waals surface area contributed by atoms with E-state index >= 15 is 4.39 Å². The minimum Gasteiger partial charge on any atom is -0.481 e. The van der Waals surface area contributed by atoms with E-state index in [1.807, 2.05) is 6.20 Å². The summed E-state index contributed by atoms with van der Waals surface area (Å²) in [6.45, 7) is 8.35. The maximum Gasteiger partial charge on any atom is 0.343 e. The molecule has 22 nitrogen and oxygen atoms in total. The van der Waals surface area contributed by atoms with Crippen molar-refractivity contribution in [3.8, 4) is 11.4 Å². The van der Waals surface area contributed by atoms with Crippen LogP contribution in [0.5, 0.6) is 0 Å². The maximum atomic E-state index is 15.1. The summed E-state index contributed by atoms with van der Waals surface area (Å²) in [5.41, 5.74) is 8.99. The van der Waals surface area contributed by atoms with E-state index in [0.717, 1.165) is 16.0 Å². The number of unbranched alkanes of at least 4 members (excludes halogenated alkanes) is 2. The number of nitrogens with one attached hydrogen (secondary N) is 6. The van der Waals surface area contributed by atoms with Crippen molar-refractivity contribution in [1.82, 2.24) is 46.4 Å². The van der Waals surface area contributed by atoms with Crippen LogP contribution in [0.25, 0.3) is 28.0 Å². The molecule has 4 atom stereocenters. The van der Waals surface area contributed by atoms with Crippen LogP contribution >= 0.6 is 0 Å². The van der Waals surface area contributed by atoms with Crippen LogP contribution in [-0.4, -0.2) is 102 Å². The second-order valence-corrected chi connectivity index (χ2v) is 19.6. The molecule has 23 heteroatoms. The van der Waals surface area contributed by atoms with Gasteiger partial charge < -0.3 is 46.2 Å². The summed E-state index contributed by atoms with van der Waals surface area (Å²) in [6, 6.07) is 7.99. The summed E-state index contributed by atoms with van der Waals surface area (Å²) in [5.74, 6) is -6.34. The van der Waals surface area contributed by atoms with Crippen molar-refractivity contribution >= 4 is 69.7 Å². The third kappa shape index (κ3) is 11.2. The minimum atomic E-state index is -2.02.